The zero-order chi connectivity index (χ0) is 18.4. The highest BCUT2D eigenvalue weighted by atomic mass is 35.5. The zero-order valence-corrected chi connectivity index (χ0v) is 14.1. The summed E-state index contributed by atoms with van der Waals surface area (Å²) in [7, 11) is 1.39. The number of rotatable bonds is 5. The topological polar surface area (TPSA) is 102 Å². The SMILES string of the molecule is CN(CC(=O)Oc1ccc(NC(=O)c2ccccc2Cl)cc1)C(N)=O. The summed E-state index contributed by atoms with van der Waals surface area (Å²) in [5, 5.41) is 3.04. The number of ether oxygens (including phenoxy) is 1. The quantitative estimate of drug-likeness (QED) is 0.631. The smallest absolute Gasteiger partial charge is 0.331 e. The van der Waals surface area contributed by atoms with Gasteiger partial charge in [0.15, 0.2) is 0 Å². The summed E-state index contributed by atoms with van der Waals surface area (Å²) in [4.78, 5) is 35.7. The maximum absolute atomic E-state index is 12.2. The van der Waals surface area contributed by atoms with Crippen LogP contribution in [0.4, 0.5) is 10.5 Å². The number of urea groups is 1. The van der Waals surface area contributed by atoms with Crippen molar-refractivity contribution in [1.29, 1.82) is 0 Å². The number of nitrogens with zero attached hydrogens (tertiary/aromatic N) is 1. The number of anilines is 1. The average Bonchev–Trinajstić information content (AvgIpc) is 2.56. The molecule has 2 aromatic rings. The van der Waals surface area contributed by atoms with Gasteiger partial charge < -0.3 is 20.7 Å². The Kier molecular flexibility index (Phi) is 5.97. The number of likely N-dealkylation sites (N-methyl/N-ethyl adjacent to an activating group) is 1. The average molecular weight is 362 g/mol. The van der Waals surface area contributed by atoms with Crippen LogP contribution >= 0.6 is 11.6 Å². The van der Waals surface area contributed by atoms with Crippen LogP contribution in [-0.2, 0) is 4.79 Å². The van der Waals surface area contributed by atoms with E-state index in [1.54, 1.807) is 36.4 Å². The Morgan fingerprint density at radius 1 is 1.12 bits per heavy atom. The molecule has 0 aliphatic rings. The van der Waals surface area contributed by atoms with Gasteiger partial charge in [0.25, 0.3) is 5.91 Å². The minimum atomic E-state index is -0.727. The molecule has 0 saturated carbocycles. The Morgan fingerprint density at radius 3 is 2.36 bits per heavy atom. The maximum atomic E-state index is 12.2. The van der Waals surface area contributed by atoms with Gasteiger partial charge in [0.1, 0.15) is 12.3 Å². The Balaban J connectivity index is 1.96. The number of hydrogen-bond acceptors (Lipinski definition) is 4. The summed E-state index contributed by atoms with van der Waals surface area (Å²) >= 11 is 5.98. The Labute approximate surface area is 149 Å². The van der Waals surface area contributed by atoms with E-state index >= 15 is 0 Å². The van der Waals surface area contributed by atoms with Gasteiger partial charge in [-0.05, 0) is 36.4 Å². The standard InChI is InChI=1S/C17H16ClN3O4/c1-21(17(19)24)10-15(22)25-12-8-6-11(7-9-12)20-16(23)13-4-2-3-5-14(13)18/h2-9H,10H2,1H3,(H2,19,24)(H,20,23). The van der Waals surface area contributed by atoms with E-state index in [0.29, 0.717) is 16.3 Å². The number of carbonyl (C=O) groups is 3. The maximum Gasteiger partial charge on any atom is 0.331 e. The molecule has 0 aliphatic carbocycles. The fourth-order valence-electron chi connectivity index (χ4n) is 1.89. The lowest BCUT2D eigenvalue weighted by molar-refractivity contribution is -0.134. The van der Waals surface area contributed by atoms with Crippen molar-refractivity contribution in [2.75, 3.05) is 18.9 Å². The molecule has 2 rings (SSSR count). The molecule has 0 aromatic heterocycles. The molecule has 0 aliphatic heterocycles. The van der Waals surface area contributed by atoms with Gasteiger partial charge in [-0.1, -0.05) is 23.7 Å². The molecule has 0 fully saturated rings. The third kappa shape index (κ3) is 5.22. The lowest BCUT2D eigenvalue weighted by Crippen LogP contribution is -2.37. The number of amides is 3. The summed E-state index contributed by atoms with van der Waals surface area (Å²) in [5.41, 5.74) is 5.90. The highest BCUT2D eigenvalue weighted by Crippen LogP contribution is 2.19. The van der Waals surface area contributed by atoms with Crippen LogP contribution in [-0.4, -0.2) is 36.4 Å². The Hall–Kier alpha value is -3.06. The highest BCUT2D eigenvalue weighted by Gasteiger charge is 2.12. The van der Waals surface area contributed by atoms with Gasteiger partial charge in [-0.15, -0.1) is 0 Å². The fraction of sp³-hybridized carbons (Fsp3) is 0.118. The van der Waals surface area contributed by atoms with Crippen molar-refractivity contribution in [3.8, 4) is 5.75 Å². The van der Waals surface area contributed by atoms with Gasteiger partial charge in [-0.25, -0.2) is 9.59 Å². The molecular weight excluding hydrogens is 346 g/mol. The van der Waals surface area contributed by atoms with Gasteiger partial charge in [0.2, 0.25) is 0 Å². The highest BCUT2D eigenvalue weighted by molar-refractivity contribution is 6.34. The lowest BCUT2D eigenvalue weighted by atomic mass is 10.2. The van der Waals surface area contributed by atoms with Gasteiger partial charge in [0.05, 0.1) is 10.6 Å². The molecule has 0 heterocycles. The van der Waals surface area contributed by atoms with Crippen LogP contribution in [0.25, 0.3) is 0 Å². The molecule has 0 bridgehead atoms. The number of nitrogens with two attached hydrogens (primary N) is 1. The molecule has 0 spiro atoms. The zero-order valence-electron chi connectivity index (χ0n) is 13.4. The molecule has 0 unspecified atom stereocenters. The van der Waals surface area contributed by atoms with E-state index in [9.17, 15) is 14.4 Å². The van der Waals surface area contributed by atoms with Crippen molar-refractivity contribution < 1.29 is 19.1 Å². The third-order valence-corrected chi connectivity index (χ3v) is 3.53. The van der Waals surface area contributed by atoms with Gasteiger partial charge in [-0.3, -0.25) is 4.79 Å². The number of primary amides is 1. The number of carbonyl (C=O) groups excluding carboxylic acids is 3. The van der Waals surface area contributed by atoms with Crippen molar-refractivity contribution in [2.45, 2.75) is 0 Å². The molecular formula is C17H16ClN3O4. The predicted molar refractivity (Wildman–Crippen MR) is 93.7 cm³/mol. The minimum Gasteiger partial charge on any atom is -0.425 e. The number of nitrogens with one attached hydrogen (secondary N) is 1. The first-order valence-corrected chi connectivity index (χ1v) is 7.62. The Morgan fingerprint density at radius 2 is 1.76 bits per heavy atom. The first kappa shape index (κ1) is 18.3. The van der Waals surface area contributed by atoms with Gasteiger partial charge >= 0.3 is 12.0 Å². The van der Waals surface area contributed by atoms with E-state index in [1.807, 2.05) is 0 Å². The molecule has 130 valence electrons. The summed E-state index contributed by atoms with van der Waals surface area (Å²) in [6.07, 6.45) is 0. The van der Waals surface area contributed by atoms with Crippen LogP contribution in [0.1, 0.15) is 10.4 Å². The van der Waals surface area contributed by atoms with Crippen molar-refractivity contribution in [2.24, 2.45) is 5.73 Å². The van der Waals surface area contributed by atoms with E-state index in [-0.39, 0.29) is 18.2 Å². The minimum absolute atomic E-state index is 0.264. The fourth-order valence-corrected chi connectivity index (χ4v) is 2.11. The second-order valence-electron chi connectivity index (χ2n) is 5.13. The van der Waals surface area contributed by atoms with E-state index in [1.165, 1.54) is 19.2 Å². The van der Waals surface area contributed by atoms with E-state index in [4.69, 9.17) is 22.1 Å². The van der Waals surface area contributed by atoms with Crippen LogP contribution in [0.15, 0.2) is 48.5 Å². The molecule has 2 aromatic carbocycles. The first-order chi connectivity index (χ1) is 11.9. The third-order valence-electron chi connectivity index (χ3n) is 3.20. The monoisotopic (exact) mass is 361 g/mol. The Bertz CT molecular complexity index is 793. The molecule has 3 amide bonds. The molecule has 0 saturated heterocycles. The molecule has 3 N–H and O–H groups in total. The summed E-state index contributed by atoms with van der Waals surface area (Å²) in [5.74, 6) is -0.703. The van der Waals surface area contributed by atoms with Gasteiger partial charge in [-0.2, -0.15) is 0 Å². The second-order valence-corrected chi connectivity index (χ2v) is 5.53. The number of hydrogen-bond donors (Lipinski definition) is 2. The molecule has 0 atom stereocenters. The van der Waals surface area contributed by atoms with Crippen molar-refractivity contribution in [1.82, 2.24) is 4.90 Å². The van der Waals surface area contributed by atoms with Crippen molar-refractivity contribution in [3.63, 3.8) is 0 Å². The largest absolute Gasteiger partial charge is 0.425 e. The molecule has 25 heavy (non-hydrogen) atoms. The molecule has 8 heteroatoms. The first-order valence-electron chi connectivity index (χ1n) is 7.24. The summed E-state index contributed by atoms with van der Waals surface area (Å²) < 4.78 is 5.08. The summed E-state index contributed by atoms with van der Waals surface area (Å²) in [6, 6.07) is 12.2. The molecule has 7 nitrogen and oxygen atoms in total. The predicted octanol–water partition coefficient (Wildman–Crippen LogP) is 2.51. The van der Waals surface area contributed by atoms with Crippen LogP contribution in [0.2, 0.25) is 5.02 Å². The number of halogens is 1. The van der Waals surface area contributed by atoms with E-state index < -0.39 is 12.0 Å². The number of benzene rings is 2. The van der Waals surface area contributed by atoms with Crippen LogP contribution in [0.3, 0.4) is 0 Å². The van der Waals surface area contributed by atoms with Crippen molar-refractivity contribution in [3.05, 3.63) is 59.1 Å². The lowest BCUT2D eigenvalue weighted by Gasteiger charge is -2.13. The van der Waals surface area contributed by atoms with E-state index in [0.717, 1.165) is 4.90 Å². The number of esters is 1. The van der Waals surface area contributed by atoms with Crippen molar-refractivity contribution >= 4 is 35.2 Å². The normalized spacial score (nSPS) is 10.0. The second kappa shape index (κ2) is 8.16. The van der Waals surface area contributed by atoms with E-state index in [2.05, 4.69) is 5.32 Å². The summed E-state index contributed by atoms with van der Waals surface area (Å²) in [6.45, 7) is -0.264. The molecule has 0 radical (unpaired) electrons. The van der Waals surface area contributed by atoms with Crippen LogP contribution < -0.4 is 15.8 Å². The van der Waals surface area contributed by atoms with Crippen LogP contribution in [0.5, 0.6) is 5.75 Å². The van der Waals surface area contributed by atoms with Crippen LogP contribution in [0, 0.1) is 0 Å². The van der Waals surface area contributed by atoms with Gasteiger partial charge in [0, 0.05) is 12.7 Å².